The number of carbonyl (C=O) groups excluding carboxylic acids is 2. The fraction of sp³-hybridized carbons (Fsp3) is 0.133. The average Bonchev–Trinajstić information content (AvgIpc) is 3.22. The van der Waals surface area contributed by atoms with Crippen LogP contribution in [0.1, 0.15) is 36.4 Å². The lowest BCUT2D eigenvalue weighted by Gasteiger charge is -2.10. The number of hydrogen-bond acceptors (Lipinski definition) is 6. The third kappa shape index (κ3) is 5.56. The molecule has 3 aromatic carbocycles. The lowest BCUT2D eigenvalue weighted by molar-refractivity contribution is -0.133. The monoisotopic (exact) mass is 491 g/mol. The van der Waals surface area contributed by atoms with E-state index in [4.69, 9.17) is 19.4 Å². The molecule has 0 saturated carbocycles. The van der Waals surface area contributed by atoms with Gasteiger partial charge in [-0.25, -0.2) is 9.97 Å². The van der Waals surface area contributed by atoms with Gasteiger partial charge in [-0.3, -0.25) is 14.0 Å². The first-order valence-corrected chi connectivity index (χ1v) is 11.9. The minimum atomic E-state index is -0.434. The topological polar surface area (TPSA) is 82.8 Å². The zero-order valence-electron chi connectivity index (χ0n) is 20.5. The summed E-state index contributed by atoms with van der Waals surface area (Å²) in [7, 11) is 0. The molecular weight excluding hydrogens is 466 g/mol. The van der Waals surface area contributed by atoms with Gasteiger partial charge in [-0.2, -0.15) is 0 Å². The van der Waals surface area contributed by atoms with Gasteiger partial charge in [-0.15, -0.1) is 0 Å². The predicted molar refractivity (Wildman–Crippen MR) is 140 cm³/mol. The Labute approximate surface area is 214 Å². The van der Waals surface area contributed by atoms with Crippen molar-refractivity contribution in [2.75, 3.05) is 0 Å². The molecule has 0 fully saturated rings. The highest BCUT2D eigenvalue weighted by molar-refractivity contribution is 5.71. The van der Waals surface area contributed by atoms with Crippen LogP contribution < -0.4 is 9.47 Å². The Hall–Kier alpha value is -4.78. The van der Waals surface area contributed by atoms with Gasteiger partial charge >= 0.3 is 11.9 Å². The molecule has 0 aliphatic heterocycles. The molecular formula is C30H25N3O4. The quantitative estimate of drug-likeness (QED) is 0.223. The third-order valence-electron chi connectivity index (χ3n) is 5.78. The van der Waals surface area contributed by atoms with Crippen molar-refractivity contribution in [3.63, 3.8) is 0 Å². The molecule has 184 valence electrons. The Kier molecular flexibility index (Phi) is 6.76. The maximum Gasteiger partial charge on any atom is 0.309 e. The van der Waals surface area contributed by atoms with Crippen LogP contribution in [-0.4, -0.2) is 26.3 Å². The molecule has 0 atom stereocenters. The van der Waals surface area contributed by atoms with Gasteiger partial charge in [0.15, 0.2) is 5.65 Å². The van der Waals surface area contributed by atoms with E-state index in [1.165, 1.54) is 13.8 Å². The van der Waals surface area contributed by atoms with E-state index in [1.807, 2.05) is 71.3 Å². The number of rotatable bonds is 7. The Morgan fingerprint density at radius 2 is 1.30 bits per heavy atom. The van der Waals surface area contributed by atoms with Crippen LogP contribution >= 0.6 is 0 Å². The van der Waals surface area contributed by atoms with Gasteiger partial charge in [0.05, 0.1) is 11.4 Å². The molecule has 0 bridgehead atoms. The number of nitrogens with zero attached hydrogens (tertiary/aromatic N) is 3. The van der Waals surface area contributed by atoms with E-state index in [9.17, 15) is 9.59 Å². The van der Waals surface area contributed by atoms with Gasteiger partial charge in [0.2, 0.25) is 5.88 Å². The normalized spacial score (nSPS) is 10.9. The van der Waals surface area contributed by atoms with E-state index in [0.29, 0.717) is 35.8 Å². The van der Waals surface area contributed by atoms with Crippen molar-refractivity contribution in [1.82, 2.24) is 14.4 Å². The number of ether oxygens (including phenoxy) is 2. The fourth-order valence-electron chi connectivity index (χ4n) is 4.18. The largest absolute Gasteiger partial charge is 0.427 e. The third-order valence-corrected chi connectivity index (χ3v) is 5.78. The molecule has 0 N–H and O–H groups in total. The highest BCUT2D eigenvalue weighted by atomic mass is 16.5. The second kappa shape index (κ2) is 10.5. The number of imidazole rings is 1. The van der Waals surface area contributed by atoms with Crippen molar-refractivity contribution in [2.24, 2.45) is 0 Å². The summed E-state index contributed by atoms with van der Waals surface area (Å²) in [5.41, 5.74) is 5.74. The molecule has 5 aromatic rings. The second-order valence-electron chi connectivity index (χ2n) is 8.67. The number of esters is 2. The number of hydrogen-bond donors (Lipinski definition) is 0. The molecule has 7 nitrogen and oxygen atoms in total. The van der Waals surface area contributed by atoms with Gasteiger partial charge in [0.25, 0.3) is 0 Å². The SMILES string of the molecule is CC(=O)Oc1ccc(Cc2nc3c(Cc4ccccc4)nc(-c4ccccc4)cn3c2OC(C)=O)cc1. The van der Waals surface area contributed by atoms with E-state index in [1.54, 1.807) is 12.1 Å². The summed E-state index contributed by atoms with van der Waals surface area (Å²) >= 11 is 0. The summed E-state index contributed by atoms with van der Waals surface area (Å²) in [5, 5.41) is 0. The summed E-state index contributed by atoms with van der Waals surface area (Å²) in [6, 6.07) is 27.1. The van der Waals surface area contributed by atoms with Gasteiger partial charge in [0, 0.05) is 38.4 Å². The van der Waals surface area contributed by atoms with Crippen molar-refractivity contribution in [3.05, 3.63) is 114 Å². The molecule has 0 unspecified atom stereocenters. The van der Waals surface area contributed by atoms with E-state index in [2.05, 4.69) is 12.1 Å². The minimum Gasteiger partial charge on any atom is -0.427 e. The van der Waals surface area contributed by atoms with Crippen LogP contribution in [0.3, 0.4) is 0 Å². The number of benzene rings is 3. The van der Waals surface area contributed by atoms with Crippen molar-refractivity contribution in [1.29, 1.82) is 0 Å². The average molecular weight is 492 g/mol. The lowest BCUT2D eigenvalue weighted by atomic mass is 10.1. The molecule has 2 aromatic heterocycles. The van der Waals surface area contributed by atoms with E-state index in [-0.39, 0.29) is 5.97 Å². The molecule has 5 rings (SSSR count). The van der Waals surface area contributed by atoms with E-state index in [0.717, 1.165) is 28.1 Å². The highest BCUT2D eigenvalue weighted by Crippen LogP contribution is 2.29. The Morgan fingerprint density at radius 3 is 1.95 bits per heavy atom. The molecule has 0 radical (unpaired) electrons. The fourth-order valence-corrected chi connectivity index (χ4v) is 4.18. The lowest BCUT2D eigenvalue weighted by Crippen LogP contribution is -2.07. The first-order chi connectivity index (χ1) is 18.0. The summed E-state index contributed by atoms with van der Waals surface area (Å²) in [4.78, 5) is 33.2. The number of aromatic nitrogens is 3. The molecule has 0 aliphatic carbocycles. The summed E-state index contributed by atoms with van der Waals surface area (Å²) in [5.74, 6) is 0.0163. The van der Waals surface area contributed by atoms with Crippen LogP contribution in [0.4, 0.5) is 0 Å². The number of carbonyl (C=O) groups is 2. The van der Waals surface area contributed by atoms with Crippen LogP contribution in [0.25, 0.3) is 16.9 Å². The molecule has 2 heterocycles. The molecule has 0 spiro atoms. The zero-order chi connectivity index (χ0) is 25.8. The highest BCUT2D eigenvalue weighted by Gasteiger charge is 2.21. The van der Waals surface area contributed by atoms with Crippen molar-refractivity contribution in [2.45, 2.75) is 26.7 Å². The summed E-state index contributed by atoms with van der Waals surface area (Å²) in [6.07, 6.45) is 2.84. The maximum atomic E-state index is 12.1. The molecule has 0 saturated heterocycles. The first kappa shape index (κ1) is 23.9. The van der Waals surface area contributed by atoms with Crippen LogP contribution in [0.15, 0.2) is 91.1 Å². The van der Waals surface area contributed by atoms with Crippen LogP contribution in [-0.2, 0) is 22.4 Å². The Morgan fingerprint density at radius 1 is 0.703 bits per heavy atom. The zero-order valence-corrected chi connectivity index (χ0v) is 20.5. The van der Waals surface area contributed by atoms with Crippen LogP contribution in [0.2, 0.25) is 0 Å². The van der Waals surface area contributed by atoms with Crippen molar-refractivity contribution >= 4 is 17.6 Å². The molecule has 37 heavy (non-hydrogen) atoms. The number of fused-ring (bicyclic) bond motifs is 1. The smallest absolute Gasteiger partial charge is 0.309 e. The van der Waals surface area contributed by atoms with Crippen molar-refractivity contribution < 1.29 is 19.1 Å². The summed E-state index contributed by atoms with van der Waals surface area (Å²) < 4.78 is 12.7. The van der Waals surface area contributed by atoms with Gasteiger partial charge in [0.1, 0.15) is 11.4 Å². The Bertz CT molecular complexity index is 1560. The Balaban J connectivity index is 1.63. The minimum absolute atomic E-state index is 0.362. The predicted octanol–water partition coefficient (Wildman–Crippen LogP) is 5.43. The first-order valence-electron chi connectivity index (χ1n) is 11.9. The van der Waals surface area contributed by atoms with Gasteiger partial charge in [-0.05, 0) is 23.3 Å². The van der Waals surface area contributed by atoms with Gasteiger partial charge < -0.3 is 9.47 Å². The van der Waals surface area contributed by atoms with E-state index >= 15 is 0 Å². The van der Waals surface area contributed by atoms with E-state index < -0.39 is 5.97 Å². The molecule has 7 heteroatoms. The molecule has 0 amide bonds. The van der Waals surface area contributed by atoms with Crippen molar-refractivity contribution in [3.8, 4) is 22.9 Å². The standard InChI is InChI=1S/C30H25N3O4/c1-20(34)36-25-15-13-23(14-16-25)18-27-30(37-21(2)35)33-19-28(24-11-7-4-8-12-24)31-26(29(33)32-27)17-22-9-5-3-6-10-22/h3-16,19H,17-18H2,1-2H3. The second-order valence-corrected chi connectivity index (χ2v) is 8.67. The molecule has 0 aliphatic rings. The maximum absolute atomic E-state index is 12.1. The summed E-state index contributed by atoms with van der Waals surface area (Å²) in [6.45, 7) is 2.74. The van der Waals surface area contributed by atoms with Crippen LogP contribution in [0.5, 0.6) is 11.6 Å². The van der Waals surface area contributed by atoms with Crippen LogP contribution in [0, 0.1) is 0 Å². The van der Waals surface area contributed by atoms with Gasteiger partial charge in [-0.1, -0.05) is 72.8 Å².